The zero-order chi connectivity index (χ0) is 7.56. The molecule has 0 amide bonds. The molecule has 0 atom stereocenters. The number of esters is 1. The first-order valence-electron chi connectivity index (χ1n) is 3.02. The fourth-order valence-electron chi connectivity index (χ4n) is 0.707. The third-order valence-corrected chi connectivity index (χ3v) is 1.06. The number of aryl methyl sites for hydroxylation is 1. The third-order valence-electron chi connectivity index (χ3n) is 1.06. The summed E-state index contributed by atoms with van der Waals surface area (Å²) in [5.74, 6) is 0.281. The number of ether oxygens (including phenoxy) is 1. The van der Waals surface area contributed by atoms with Gasteiger partial charge in [0, 0.05) is 24.9 Å². The molecule has 1 heterocycles. The topological polar surface area (TPSA) is 42.1 Å². The van der Waals surface area contributed by atoms with Crippen LogP contribution in [0.25, 0.3) is 0 Å². The molecule has 0 spiro atoms. The average molecular weight is 139 g/mol. The van der Waals surface area contributed by atoms with E-state index >= 15 is 0 Å². The van der Waals surface area contributed by atoms with Crippen molar-refractivity contribution in [2.45, 2.75) is 13.8 Å². The van der Waals surface area contributed by atoms with E-state index in [4.69, 9.17) is 4.74 Å². The Kier molecular flexibility index (Phi) is 1.76. The van der Waals surface area contributed by atoms with Gasteiger partial charge < -0.3 is 9.72 Å². The van der Waals surface area contributed by atoms with Gasteiger partial charge in [0.25, 0.3) is 0 Å². The molecule has 1 rings (SSSR count). The van der Waals surface area contributed by atoms with Gasteiger partial charge in [-0.3, -0.25) is 4.79 Å². The van der Waals surface area contributed by atoms with Crippen molar-refractivity contribution in [3.8, 4) is 5.75 Å². The summed E-state index contributed by atoms with van der Waals surface area (Å²) in [5, 5.41) is 0. The quantitative estimate of drug-likeness (QED) is 0.595. The van der Waals surface area contributed by atoms with E-state index in [0.29, 0.717) is 5.75 Å². The smallest absolute Gasteiger partial charge is 0.308 e. The van der Waals surface area contributed by atoms with Gasteiger partial charge in [0.1, 0.15) is 5.75 Å². The average Bonchev–Trinajstić information content (AvgIpc) is 2.13. The van der Waals surface area contributed by atoms with Crippen molar-refractivity contribution in [3.63, 3.8) is 0 Å². The fraction of sp³-hybridized carbons (Fsp3) is 0.286. The molecule has 0 aliphatic carbocycles. The maximum atomic E-state index is 10.4. The Bertz CT molecular complexity index is 240. The van der Waals surface area contributed by atoms with Crippen LogP contribution < -0.4 is 4.74 Å². The highest BCUT2D eigenvalue weighted by Gasteiger charge is 1.97. The Morgan fingerprint density at radius 3 is 2.80 bits per heavy atom. The van der Waals surface area contributed by atoms with Gasteiger partial charge in [0.15, 0.2) is 0 Å². The van der Waals surface area contributed by atoms with Crippen molar-refractivity contribution in [1.82, 2.24) is 4.98 Å². The number of H-pyrrole nitrogens is 1. The highest BCUT2D eigenvalue weighted by molar-refractivity contribution is 5.69. The number of rotatable bonds is 1. The van der Waals surface area contributed by atoms with Gasteiger partial charge in [-0.25, -0.2) is 0 Å². The van der Waals surface area contributed by atoms with E-state index in [1.807, 2.05) is 6.92 Å². The first-order valence-corrected chi connectivity index (χ1v) is 3.02. The van der Waals surface area contributed by atoms with Gasteiger partial charge in [-0.15, -0.1) is 0 Å². The first-order chi connectivity index (χ1) is 4.68. The standard InChI is InChI=1S/C7H9NO2/c1-5-3-7(4-8-5)10-6(2)9/h3-4,8H,1-2H3. The number of nitrogens with one attached hydrogen (secondary N) is 1. The van der Waals surface area contributed by atoms with E-state index in [0.717, 1.165) is 5.69 Å². The minimum Gasteiger partial charge on any atom is -0.425 e. The van der Waals surface area contributed by atoms with Crippen molar-refractivity contribution in [2.75, 3.05) is 0 Å². The maximum Gasteiger partial charge on any atom is 0.308 e. The normalized spacial score (nSPS) is 9.40. The molecule has 0 fully saturated rings. The lowest BCUT2D eigenvalue weighted by atomic mass is 10.5. The van der Waals surface area contributed by atoms with Crippen LogP contribution in [0.2, 0.25) is 0 Å². The molecule has 1 aromatic rings. The molecule has 0 aliphatic heterocycles. The van der Waals surface area contributed by atoms with Crippen LogP contribution in [-0.4, -0.2) is 11.0 Å². The van der Waals surface area contributed by atoms with Crippen LogP contribution in [0.5, 0.6) is 5.75 Å². The number of carbonyl (C=O) groups excluding carboxylic acids is 1. The number of hydrogen-bond donors (Lipinski definition) is 1. The Balaban J connectivity index is 2.67. The van der Waals surface area contributed by atoms with Crippen molar-refractivity contribution >= 4 is 5.97 Å². The van der Waals surface area contributed by atoms with E-state index in [9.17, 15) is 4.79 Å². The lowest BCUT2D eigenvalue weighted by molar-refractivity contribution is -0.131. The fourth-order valence-corrected chi connectivity index (χ4v) is 0.707. The van der Waals surface area contributed by atoms with E-state index in [1.165, 1.54) is 6.92 Å². The predicted octanol–water partition coefficient (Wildman–Crippen LogP) is 1.25. The van der Waals surface area contributed by atoms with Crippen LogP contribution in [0.15, 0.2) is 12.3 Å². The summed E-state index contributed by atoms with van der Waals surface area (Å²) in [5.41, 5.74) is 0.983. The van der Waals surface area contributed by atoms with Crippen LogP contribution in [-0.2, 0) is 4.79 Å². The zero-order valence-corrected chi connectivity index (χ0v) is 5.97. The lowest BCUT2D eigenvalue weighted by Crippen LogP contribution is -1.99. The molecule has 1 aromatic heterocycles. The molecule has 10 heavy (non-hydrogen) atoms. The zero-order valence-electron chi connectivity index (χ0n) is 5.97. The second kappa shape index (κ2) is 2.56. The van der Waals surface area contributed by atoms with Crippen molar-refractivity contribution in [1.29, 1.82) is 0 Å². The Morgan fingerprint density at radius 2 is 2.40 bits per heavy atom. The molecular formula is C7H9NO2. The Labute approximate surface area is 59.0 Å². The van der Waals surface area contributed by atoms with Crippen LogP contribution >= 0.6 is 0 Å². The highest BCUT2D eigenvalue weighted by Crippen LogP contribution is 2.10. The first kappa shape index (κ1) is 6.86. The second-order valence-corrected chi connectivity index (χ2v) is 2.11. The molecule has 3 nitrogen and oxygen atoms in total. The van der Waals surface area contributed by atoms with Gasteiger partial charge in [-0.05, 0) is 6.92 Å². The summed E-state index contributed by atoms with van der Waals surface area (Å²) < 4.78 is 4.76. The van der Waals surface area contributed by atoms with Crippen LogP contribution in [0, 0.1) is 6.92 Å². The lowest BCUT2D eigenvalue weighted by Gasteiger charge is -1.92. The minimum atomic E-state index is -0.293. The molecule has 0 aliphatic rings. The number of aromatic nitrogens is 1. The van der Waals surface area contributed by atoms with Gasteiger partial charge in [-0.1, -0.05) is 0 Å². The van der Waals surface area contributed by atoms with Gasteiger partial charge in [-0.2, -0.15) is 0 Å². The SMILES string of the molecule is CC(=O)Oc1c[nH]c(C)c1. The van der Waals surface area contributed by atoms with Crippen LogP contribution in [0.1, 0.15) is 12.6 Å². The van der Waals surface area contributed by atoms with E-state index < -0.39 is 0 Å². The van der Waals surface area contributed by atoms with Crippen LogP contribution in [0.3, 0.4) is 0 Å². The molecule has 0 aromatic carbocycles. The van der Waals surface area contributed by atoms with Gasteiger partial charge in [0.2, 0.25) is 0 Å². The summed E-state index contributed by atoms with van der Waals surface area (Å²) in [4.78, 5) is 13.3. The van der Waals surface area contributed by atoms with Crippen LogP contribution in [0.4, 0.5) is 0 Å². The van der Waals surface area contributed by atoms with E-state index in [1.54, 1.807) is 12.3 Å². The molecule has 3 heteroatoms. The Morgan fingerprint density at radius 1 is 1.70 bits per heavy atom. The van der Waals surface area contributed by atoms with Gasteiger partial charge in [0.05, 0.1) is 0 Å². The predicted molar refractivity (Wildman–Crippen MR) is 36.8 cm³/mol. The highest BCUT2D eigenvalue weighted by atomic mass is 16.5. The van der Waals surface area contributed by atoms with E-state index in [2.05, 4.69) is 4.98 Å². The second-order valence-electron chi connectivity index (χ2n) is 2.11. The van der Waals surface area contributed by atoms with Crippen molar-refractivity contribution in [2.24, 2.45) is 0 Å². The summed E-state index contributed by atoms with van der Waals surface area (Å²) in [6.07, 6.45) is 1.65. The molecular weight excluding hydrogens is 130 g/mol. The molecule has 0 saturated heterocycles. The summed E-state index contributed by atoms with van der Waals surface area (Å²) >= 11 is 0. The monoisotopic (exact) mass is 139 g/mol. The molecule has 0 bridgehead atoms. The molecule has 0 saturated carbocycles. The van der Waals surface area contributed by atoms with E-state index in [-0.39, 0.29) is 5.97 Å². The van der Waals surface area contributed by atoms with Crippen molar-refractivity contribution in [3.05, 3.63) is 18.0 Å². The third kappa shape index (κ3) is 1.62. The molecule has 1 N–H and O–H groups in total. The molecule has 0 unspecified atom stereocenters. The van der Waals surface area contributed by atoms with Crippen molar-refractivity contribution < 1.29 is 9.53 Å². The molecule has 54 valence electrons. The maximum absolute atomic E-state index is 10.4. The minimum absolute atomic E-state index is 0.293. The summed E-state index contributed by atoms with van der Waals surface area (Å²) in [6, 6.07) is 1.77. The van der Waals surface area contributed by atoms with Gasteiger partial charge >= 0.3 is 5.97 Å². The number of carbonyl (C=O) groups is 1. The number of hydrogen-bond acceptors (Lipinski definition) is 2. The Hall–Kier alpha value is -1.25. The largest absolute Gasteiger partial charge is 0.425 e. The number of aromatic amines is 1. The summed E-state index contributed by atoms with van der Waals surface area (Å²) in [6.45, 7) is 3.27. The molecule has 0 radical (unpaired) electrons. The summed E-state index contributed by atoms with van der Waals surface area (Å²) in [7, 11) is 0.